The maximum Gasteiger partial charge on any atom is 0.341 e. The maximum absolute atomic E-state index is 11.1. The van der Waals surface area contributed by atoms with Crippen molar-refractivity contribution < 1.29 is 24.6 Å². The third-order valence-electron chi connectivity index (χ3n) is 1.42. The van der Waals surface area contributed by atoms with Gasteiger partial charge in [0.1, 0.15) is 11.3 Å². The van der Waals surface area contributed by atoms with Crippen LogP contribution in [0.2, 0.25) is 0 Å². The van der Waals surface area contributed by atoms with Gasteiger partial charge >= 0.3 is 5.97 Å². The van der Waals surface area contributed by atoms with Crippen molar-refractivity contribution in [2.45, 2.75) is 20.8 Å². The van der Waals surface area contributed by atoms with E-state index in [1.165, 1.54) is 7.11 Å². The van der Waals surface area contributed by atoms with Crippen molar-refractivity contribution in [2.75, 3.05) is 13.7 Å². The van der Waals surface area contributed by atoms with Crippen LogP contribution in [0.25, 0.3) is 0 Å². The standard InChI is InChI=1S/C8H9O3P.C2H6O.C2H6.H2O/c1-10-8(9)6-4-2-3-5-7(6)11-12;1-2-3;1-2;/h2-5H,12H2,1H3;3H,2H2,1H3;1-2H3;1H2. The van der Waals surface area contributed by atoms with Gasteiger partial charge in [-0.05, 0) is 19.1 Å². The maximum atomic E-state index is 11.1. The van der Waals surface area contributed by atoms with E-state index in [2.05, 4.69) is 14.2 Å². The number of carbonyl (C=O) groups excluding carboxylic acids is 1. The first kappa shape index (κ1) is 22.1. The number of rotatable bonds is 2. The molecule has 0 heterocycles. The molecule has 1 rings (SSSR count). The molecular weight excluding hydrogens is 255 g/mol. The molecule has 106 valence electrons. The highest BCUT2D eigenvalue weighted by Crippen LogP contribution is 2.20. The summed E-state index contributed by atoms with van der Waals surface area (Å²) in [5, 5.41) is 7.57. The summed E-state index contributed by atoms with van der Waals surface area (Å²) in [7, 11) is 3.42. The van der Waals surface area contributed by atoms with Crippen molar-refractivity contribution in [1.82, 2.24) is 0 Å². The highest BCUT2D eigenvalue weighted by atomic mass is 31.0. The molecule has 1 aromatic rings. The molecule has 0 aromatic heterocycles. The minimum absolute atomic E-state index is 0. The lowest BCUT2D eigenvalue weighted by Crippen LogP contribution is -2.01. The second-order valence-corrected chi connectivity index (χ2v) is 2.66. The zero-order valence-electron chi connectivity index (χ0n) is 11.3. The van der Waals surface area contributed by atoms with Crippen molar-refractivity contribution in [3.63, 3.8) is 0 Å². The number of ether oxygens (including phenoxy) is 1. The number of methoxy groups -OCH3 is 1. The summed E-state index contributed by atoms with van der Waals surface area (Å²) in [5.41, 5.74) is 0.426. The van der Waals surface area contributed by atoms with Crippen LogP contribution in [0.1, 0.15) is 31.1 Å². The number of carbonyl (C=O) groups is 1. The second kappa shape index (κ2) is 15.8. The Kier molecular flexibility index (Phi) is 19.4. The molecule has 0 aliphatic heterocycles. The van der Waals surface area contributed by atoms with Crippen LogP contribution in [0.3, 0.4) is 0 Å². The van der Waals surface area contributed by atoms with Crippen LogP contribution in [0, 0.1) is 0 Å². The number of hydrogen-bond donors (Lipinski definition) is 1. The summed E-state index contributed by atoms with van der Waals surface area (Å²) >= 11 is 0. The quantitative estimate of drug-likeness (QED) is 0.660. The van der Waals surface area contributed by atoms with E-state index in [-0.39, 0.29) is 12.1 Å². The predicted octanol–water partition coefficient (Wildman–Crippen LogP) is 1.84. The summed E-state index contributed by atoms with van der Waals surface area (Å²) in [6, 6.07) is 6.87. The number of aliphatic hydroxyl groups excluding tert-OH is 1. The molecule has 1 unspecified atom stereocenters. The second-order valence-electron chi connectivity index (χ2n) is 2.42. The Morgan fingerprint density at radius 2 is 1.78 bits per heavy atom. The van der Waals surface area contributed by atoms with Gasteiger partial charge < -0.3 is 19.8 Å². The molecule has 0 aliphatic rings. The molecule has 3 N–H and O–H groups in total. The SMILES string of the molecule is CC.CCO.COC(=O)c1ccccc1OP.O. The molecule has 18 heavy (non-hydrogen) atoms. The minimum atomic E-state index is -0.395. The Morgan fingerprint density at radius 3 is 2.17 bits per heavy atom. The summed E-state index contributed by atoms with van der Waals surface area (Å²) in [6.07, 6.45) is 0. The average Bonchev–Trinajstić information content (AvgIpc) is 2.41. The largest absolute Gasteiger partial charge is 0.479 e. The molecular formula is C12H23O5P. The third-order valence-corrected chi connectivity index (χ3v) is 1.67. The summed E-state index contributed by atoms with van der Waals surface area (Å²) < 4.78 is 9.43. The lowest BCUT2D eigenvalue weighted by Gasteiger charge is -2.04. The molecule has 0 bridgehead atoms. The van der Waals surface area contributed by atoms with E-state index >= 15 is 0 Å². The van der Waals surface area contributed by atoms with Gasteiger partial charge in [-0.25, -0.2) is 4.79 Å². The molecule has 0 amide bonds. The Bertz CT molecular complexity index is 304. The predicted molar refractivity (Wildman–Crippen MR) is 75.8 cm³/mol. The van der Waals surface area contributed by atoms with Gasteiger partial charge in [0.2, 0.25) is 0 Å². The fourth-order valence-corrected chi connectivity index (χ4v) is 1.05. The summed E-state index contributed by atoms with van der Waals surface area (Å²) in [4.78, 5) is 11.1. The molecule has 0 spiro atoms. The van der Waals surface area contributed by atoms with E-state index < -0.39 is 5.97 Å². The van der Waals surface area contributed by atoms with Crippen LogP contribution in [-0.2, 0) is 4.74 Å². The lowest BCUT2D eigenvalue weighted by molar-refractivity contribution is 0.0599. The van der Waals surface area contributed by atoms with Crippen LogP contribution in [0.4, 0.5) is 0 Å². The lowest BCUT2D eigenvalue weighted by atomic mass is 10.2. The van der Waals surface area contributed by atoms with Gasteiger partial charge in [0.25, 0.3) is 0 Å². The van der Waals surface area contributed by atoms with Crippen LogP contribution in [0.15, 0.2) is 24.3 Å². The minimum Gasteiger partial charge on any atom is -0.479 e. The van der Waals surface area contributed by atoms with E-state index in [1.807, 2.05) is 13.8 Å². The zero-order valence-corrected chi connectivity index (χ0v) is 12.4. The Labute approximate surface area is 111 Å². The first-order valence-corrected chi connectivity index (χ1v) is 5.83. The topological polar surface area (TPSA) is 87.3 Å². The van der Waals surface area contributed by atoms with Crippen molar-refractivity contribution in [1.29, 1.82) is 0 Å². The van der Waals surface area contributed by atoms with E-state index in [0.717, 1.165) is 0 Å². The molecule has 0 radical (unpaired) electrons. The molecule has 5 nitrogen and oxygen atoms in total. The van der Waals surface area contributed by atoms with Crippen molar-refractivity contribution >= 4 is 15.4 Å². The number of hydrogen-bond acceptors (Lipinski definition) is 4. The normalized spacial score (nSPS) is 7.44. The molecule has 1 aromatic carbocycles. The molecule has 6 heteroatoms. The van der Waals surface area contributed by atoms with Gasteiger partial charge in [-0.3, -0.25) is 0 Å². The number of para-hydroxylation sites is 1. The molecule has 0 aliphatic carbocycles. The van der Waals surface area contributed by atoms with Crippen LogP contribution >= 0.6 is 9.47 Å². The van der Waals surface area contributed by atoms with E-state index in [0.29, 0.717) is 11.3 Å². The van der Waals surface area contributed by atoms with E-state index in [4.69, 9.17) is 9.63 Å². The third kappa shape index (κ3) is 8.93. The molecule has 0 fully saturated rings. The summed E-state index contributed by atoms with van der Waals surface area (Å²) in [5.74, 6) is 0.0994. The molecule has 0 saturated heterocycles. The van der Waals surface area contributed by atoms with Crippen molar-refractivity contribution in [3.8, 4) is 5.75 Å². The summed E-state index contributed by atoms with van der Waals surface area (Å²) in [6.45, 7) is 5.93. The van der Waals surface area contributed by atoms with E-state index in [9.17, 15) is 4.79 Å². The van der Waals surface area contributed by atoms with E-state index in [1.54, 1.807) is 31.2 Å². The monoisotopic (exact) mass is 278 g/mol. The highest BCUT2D eigenvalue weighted by molar-refractivity contribution is 7.10. The number of aliphatic hydroxyl groups is 1. The van der Waals surface area contributed by atoms with Gasteiger partial charge in [-0.15, -0.1) is 0 Å². The highest BCUT2D eigenvalue weighted by Gasteiger charge is 2.10. The number of benzene rings is 1. The molecule has 0 saturated carbocycles. The first-order chi connectivity index (χ1) is 8.21. The molecule has 1 atom stereocenters. The fourth-order valence-electron chi connectivity index (χ4n) is 0.848. The van der Waals surface area contributed by atoms with Gasteiger partial charge in [-0.2, -0.15) is 0 Å². The van der Waals surface area contributed by atoms with Crippen LogP contribution in [-0.4, -0.2) is 30.3 Å². The van der Waals surface area contributed by atoms with Gasteiger partial charge in [0, 0.05) is 6.61 Å². The Morgan fingerprint density at radius 1 is 1.33 bits per heavy atom. The van der Waals surface area contributed by atoms with Gasteiger partial charge in [0.05, 0.1) is 16.6 Å². The van der Waals surface area contributed by atoms with Crippen molar-refractivity contribution in [2.24, 2.45) is 0 Å². The first-order valence-electron chi connectivity index (χ1n) is 5.36. The fraction of sp³-hybridized carbons (Fsp3) is 0.417. The van der Waals surface area contributed by atoms with Crippen LogP contribution in [0.5, 0.6) is 5.75 Å². The Balaban J connectivity index is -0.000000329. The average molecular weight is 278 g/mol. The Hall–Kier alpha value is -1.16. The van der Waals surface area contributed by atoms with Crippen LogP contribution < -0.4 is 4.52 Å². The number of esters is 1. The van der Waals surface area contributed by atoms with Gasteiger partial charge in [-0.1, -0.05) is 26.0 Å². The smallest absolute Gasteiger partial charge is 0.341 e. The van der Waals surface area contributed by atoms with Crippen molar-refractivity contribution in [3.05, 3.63) is 29.8 Å². The zero-order chi connectivity index (χ0) is 13.7. The van der Waals surface area contributed by atoms with Gasteiger partial charge in [0.15, 0.2) is 0 Å².